The van der Waals surface area contributed by atoms with Crippen LogP contribution in [0.15, 0.2) is 54.1 Å². The van der Waals surface area contributed by atoms with Crippen molar-refractivity contribution in [3.8, 4) is 11.5 Å². The number of hydrogen-bond acceptors (Lipinski definition) is 8. The standard InChI is InChI=1S/C33H22BCl2F5N2O8/c1-51-14-5-6-16(19(44)10-14)21-15-7-8-17-20(29(46)42(28(17)45)13-4-2-3-12(9-13)34(49)50)18(15)11-32(35)30(47)43(31(48)33(21,32)36)27-25(40)23(38)22(37)24(39)26(27)41/h2-7,9-10,17-18,20-21,44,49-50H,8,11H2,1H3. The van der Waals surface area contributed by atoms with Crippen molar-refractivity contribution in [1.29, 1.82) is 0 Å². The van der Waals surface area contributed by atoms with Gasteiger partial charge in [-0.1, -0.05) is 29.8 Å². The molecule has 2 aliphatic heterocycles. The van der Waals surface area contributed by atoms with Gasteiger partial charge in [0.1, 0.15) is 17.2 Å². The number of allylic oxidation sites excluding steroid dienone is 2. The average Bonchev–Trinajstić information content (AvgIpc) is 3.44. The summed E-state index contributed by atoms with van der Waals surface area (Å²) in [5, 5.41) is 30.6. The molecule has 6 atom stereocenters. The molecule has 3 aromatic rings. The molecule has 3 N–H and O–H groups in total. The van der Waals surface area contributed by atoms with Crippen LogP contribution in [0.1, 0.15) is 24.3 Å². The van der Waals surface area contributed by atoms with Gasteiger partial charge in [0.15, 0.2) is 33.0 Å². The van der Waals surface area contributed by atoms with E-state index in [-0.39, 0.29) is 39.4 Å². The number of fused-ring (bicyclic) bond motifs is 4. The molecule has 7 rings (SSSR count). The van der Waals surface area contributed by atoms with E-state index in [1.165, 1.54) is 49.6 Å². The number of aromatic hydroxyl groups is 1. The van der Waals surface area contributed by atoms with Crippen LogP contribution >= 0.6 is 23.2 Å². The fourth-order valence-electron chi connectivity index (χ4n) is 7.89. The van der Waals surface area contributed by atoms with Crippen LogP contribution in [-0.2, 0) is 19.2 Å². The van der Waals surface area contributed by atoms with Crippen molar-refractivity contribution in [2.24, 2.45) is 17.8 Å². The normalized spacial score (nSPS) is 28.5. The van der Waals surface area contributed by atoms with Crippen molar-refractivity contribution >= 4 is 70.8 Å². The van der Waals surface area contributed by atoms with E-state index in [0.717, 1.165) is 11.0 Å². The van der Waals surface area contributed by atoms with Crippen LogP contribution < -0.4 is 20.0 Å². The molecule has 2 aliphatic carbocycles. The number of carbonyl (C=O) groups excluding carboxylic acids is 4. The first-order valence-corrected chi connectivity index (χ1v) is 16.0. The third kappa shape index (κ3) is 4.55. The molecule has 264 valence electrons. The van der Waals surface area contributed by atoms with Crippen molar-refractivity contribution in [1.82, 2.24) is 0 Å². The highest BCUT2D eigenvalue weighted by Crippen LogP contribution is 2.66. The molecule has 3 aromatic carbocycles. The molecule has 4 amide bonds. The Bertz CT molecular complexity index is 2110. The van der Waals surface area contributed by atoms with Crippen molar-refractivity contribution in [3.63, 3.8) is 0 Å². The lowest BCUT2D eigenvalue weighted by Gasteiger charge is -2.50. The molecule has 6 unspecified atom stereocenters. The van der Waals surface area contributed by atoms with Gasteiger partial charge in [-0.2, -0.15) is 0 Å². The summed E-state index contributed by atoms with van der Waals surface area (Å²) in [6.07, 6.45) is 0.596. The van der Waals surface area contributed by atoms with Crippen molar-refractivity contribution < 1.29 is 61.0 Å². The molecule has 0 spiro atoms. The number of ether oxygens (including phenoxy) is 1. The highest BCUT2D eigenvalue weighted by atomic mass is 35.5. The van der Waals surface area contributed by atoms with Crippen LogP contribution in [0.3, 0.4) is 0 Å². The molecule has 3 fully saturated rings. The maximum atomic E-state index is 15.2. The van der Waals surface area contributed by atoms with Gasteiger partial charge in [-0.15, -0.1) is 23.2 Å². The Morgan fingerprint density at radius 2 is 1.49 bits per heavy atom. The lowest BCUT2D eigenvalue weighted by atomic mass is 9.56. The second-order valence-corrected chi connectivity index (χ2v) is 13.8. The first-order chi connectivity index (χ1) is 24.0. The summed E-state index contributed by atoms with van der Waals surface area (Å²) in [4.78, 5) is 51.6. The van der Waals surface area contributed by atoms with E-state index >= 15 is 8.78 Å². The Morgan fingerprint density at radius 3 is 2.10 bits per heavy atom. The van der Waals surface area contributed by atoms with E-state index in [0.29, 0.717) is 0 Å². The number of amides is 4. The van der Waals surface area contributed by atoms with Crippen LogP contribution in [0.25, 0.3) is 0 Å². The summed E-state index contributed by atoms with van der Waals surface area (Å²) in [5.41, 5.74) is -2.02. The molecule has 2 heterocycles. The van der Waals surface area contributed by atoms with Gasteiger partial charge in [0, 0.05) is 17.5 Å². The van der Waals surface area contributed by atoms with Crippen molar-refractivity contribution in [2.75, 3.05) is 16.9 Å². The predicted octanol–water partition coefficient (Wildman–Crippen LogP) is 3.54. The molecular weight excluding hydrogens is 729 g/mol. The van der Waals surface area contributed by atoms with Crippen LogP contribution in [0.5, 0.6) is 11.5 Å². The molecule has 10 nitrogen and oxygen atoms in total. The van der Waals surface area contributed by atoms with E-state index in [9.17, 15) is 47.5 Å². The number of methoxy groups -OCH3 is 1. The summed E-state index contributed by atoms with van der Waals surface area (Å²) in [5.74, 6) is -23.1. The Kier molecular flexibility index (Phi) is 8.06. The van der Waals surface area contributed by atoms with Crippen LogP contribution in [0.2, 0.25) is 0 Å². The fourth-order valence-corrected chi connectivity index (χ4v) is 8.81. The molecule has 0 radical (unpaired) electrons. The molecule has 18 heteroatoms. The number of phenols is 1. The molecule has 4 aliphatic rings. The number of nitrogens with zero attached hydrogens (tertiary/aromatic N) is 2. The van der Waals surface area contributed by atoms with E-state index in [4.69, 9.17) is 27.9 Å². The smallest absolute Gasteiger partial charge is 0.488 e. The Balaban J connectivity index is 1.43. The highest BCUT2D eigenvalue weighted by molar-refractivity contribution is 6.59. The first-order valence-electron chi connectivity index (χ1n) is 15.2. The van der Waals surface area contributed by atoms with Crippen LogP contribution in [0.4, 0.5) is 33.3 Å². The Hall–Kier alpha value is -4.51. The molecule has 0 bridgehead atoms. The molecule has 2 saturated heterocycles. The average molecular weight is 751 g/mol. The minimum absolute atomic E-state index is 0.0106. The quantitative estimate of drug-likeness (QED) is 0.0684. The van der Waals surface area contributed by atoms with Gasteiger partial charge in [0.05, 0.1) is 24.6 Å². The third-order valence-corrected chi connectivity index (χ3v) is 11.6. The molecular formula is C33H22BCl2F5N2O8. The molecule has 1 saturated carbocycles. The maximum absolute atomic E-state index is 15.2. The van der Waals surface area contributed by atoms with Crippen molar-refractivity contribution in [3.05, 3.63) is 88.8 Å². The van der Waals surface area contributed by atoms with E-state index in [1.54, 1.807) is 0 Å². The SMILES string of the molecule is COc1ccc(C2C3=CCC4C(=O)N(c5cccc(B(O)O)c5)C(=O)C4C3CC3(Cl)C(=O)N(c4c(F)c(F)c(F)c(F)c4F)C(=O)C23Cl)c(O)c1. The summed E-state index contributed by atoms with van der Waals surface area (Å²) in [7, 11) is -0.655. The van der Waals surface area contributed by atoms with Crippen LogP contribution in [-0.4, -0.2) is 62.8 Å². The second-order valence-electron chi connectivity index (χ2n) is 12.6. The number of halogens is 7. The fraction of sp³-hybridized carbons (Fsp3) is 0.273. The lowest BCUT2D eigenvalue weighted by Crippen LogP contribution is -2.60. The number of anilines is 2. The van der Waals surface area contributed by atoms with Crippen LogP contribution in [0, 0.1) is 46.8 Å². The second kappa shape index (κ2) is 11.8. The third-order valence-electron chi connectivity index (χ3n) is 10.2. The molecule has 51 heavy (non-hydrogen) atoms. The summed E-state index contributed by atoms with van der Waals surface area (Å²) >= 11 is 14.2. The first kappa shape index (κ1) is 34.9. The monoisotopic (exact) mass is 750 g/mol. The van der Waals surface area contributed by atoms with Gasteiger partial charge < -0.3 is 19.9 Å². The summed E-state index contributed by atoms with van der Waals surface area (Å²) < 4.78 is 78.4. The summed E-state index contributed by atoms with van der Waals surface area (Å²) in [6.45, 7) is 0. The number of rotatable bonds is 5. The number of alkyl halides is 2. The Morgan fingerprint density at radius 1 is 0.843 bits per heavy atom. The largest absolute Gasteiger partial charge is 0.508 e. The van der Waals surface area contributed by atoms with E-state index in [1.807, 2.05) is 0 Å². The minimum Gasteiger partial charge on any atom is -0.508 e. The van der Waals surface area contributed by atoms with Gasteiger partial charge in [0.2, 0.25) is 17.6 Å². The zero-order valence-electron chi connectivity index (χ0n) is 25.8. The maximum Gasteiger partial charge on any atom is 0.488 e. The number of phenolic OH excluding ortho intramolecular Hbond substituents is 1. The molecule has 0 aromatic heterocycles. The highest BCUT2D eigenvalue weighted by Gasteiger charge is 2.77. The number of carbonyl (C=O) groups is 4. The minimum atomic E-state index is -2.82. The lowest BCUT2D eigenvalue weighted by molar-refractivity contribution is -0.125. The van der Waals surface area contributed by atoms with E-state index in [2.05, 4.69) is 0 Å². The zero-order chi connectivity index (χ0) is 37.1. The van der Waals surface area contributed by atoms with Crippen molar-refractivity contribution in [2.45, 2.75) is 28.5 Å². The number of imide groups is 2. The van der Waals surface area contributed by atoms with Gasteiger partial charge >= 0.3 is 7.12 Å². The van der Waals surface area contributed by atoms with E-state index < -0.39 is 111 Å². The number of benzene rings is 3. The topological polar surface area (TPSA) is 145 Å². The predicted molar refractivity (Wildman–Crippen MR) is 170 cm³/mol. The Labute approximate surface area is 294 Å². The van der Waals surface area contributed by atoms with Gasteiger partial charge in [-0.05, 0) is 42.4 Å². The van der Waals surface area contributed by atoms with Gasteiger partial charge in [-0.3, -0.25) is 24.1 Å². The number of hydrogen-bond donors (Lipinski definition) is 3. The van der Waals surface area contributed by atoms with Gasteiger partial charge in [-0.25, -0.2) is 26.9 Å². The summed E-state index contributed by atoms with van der Waals surface area (Å²) in [6, 6.07) is 9.03. The zero-order valence-corrected chi connectivity index (χ0v) is 27.4. The van der Waals surface area contributed by atoms with Gasteiger partial charge in [0.25, 0.3) is 11.8 Å².